The summed E-state index contributed by atoms with van der Waals surface area (Å²) >= 11 is 0. The molecule has 32 heavy (non-hydrogen) atoms. The van der Waals surface area contributed by atoms with Crippen molar-refractivity contribution >= 4 is 22.9 Å². The van der Waals surface area contributed by atoms with E-state index in [2.05, 4.69) is 20.4 Å². The number of fused-ring (bicyclic) bond motifs is 1. The lowest BCUT2D eigenvalue weighted by Gasteiger charge is -2.37. The molecule has 9 nitrogen and oxygen atoms in total. The Balaban J connectivity index is 1.22. The Morgan fingerprint density at radius 2 is 1.72 bits per heavy atom. The molecule has 1 aromatic carbocycles. The molecule has 0 radical (unpaired) electrons. The molecule has 3 fully saturated rings. The van der Waals surface area contributed by atoms with Crippen molar-refractivity contribution in [2.45, 2.75) is 38.3 Å². The normalized spacial score (nSPS) is 24.2. The number of carbonyl (C=O) groups excluding carboxylic acids is 2. The summed E-state index contributed by atoms with van der Waals surface area (Å²) in [4.78, 5) is 41.2. The van der Waals surface area contributed by atoms with Crippen LogP contribution in [-0.2, 0) is 16.1 Å². The van der Waals surface area contributed by atoms with Crippen molar-refractivity contribution in [3.05, 3.63) is 34.3 Å². The summed E-state index contributed by atoms with van der Waals surface area (Å²) < 4.78 is 6.84. The summed E-state index contributed by atoms with van der Waals surface area (Å²) in [5, 5.41) is 5.75. The maximum Gasteiger partial charge on any atom is 0.420 e. The third kappa shape index (κ3) is 4.51. The van der Waals surface area contributed by atoms with Gasteiger partial charge in [-0.1, -0.05) is 6.07 Å². The highest BCUT2D eigenvalue weighted by molar-refractivity contribution is 6.00. The summed E-state index contributed by atoms with van der Waals surface area (Å²) in [6.45, 7) is 8.56. The second-order valence-electron chi connectivity index (χ2n) is 9.28. The molecule has 0 spiro atoms. The minimum Gasteiger partial charge on any atom is -0.408 e. The van der Waals surface area contributed by atoms with E-state index in [-0.39, 0.29) is 12.3 Å². The summed E-state index contributed by atoms with van der Waals surface area (Å²) in [5.41, 5.74) is 2.18. The lowest BCUT2D eigenvalue weighted by molar-refractivity contribution is -0.135. The minimum atomic E-state index is -0.708. The topological polar surface area (TPSA) is 99.8 Å². The number of hydrogen-bond donors (Lipinski definition) is 2. The monoisotopic (exact) mass is 441 g/mol. The number of benzene rings is 1. The smallest absolute Gasteiger partial charge is 0.408 e. The molecule has 2 amide bonds. The summed E-state index contributed by atoms with van der Waals surface area (Å²) in [6.07, 6.45) is 3.09. The fourth-order valence-electron chi connectivity index (χ4n) is 5.22. The van der Waals surface area contributed by atoms with Gasteiger partial charge in [-0.05, 0) is 56.0 Å². The van der Waals surface area contributed by atoms with Gasteiger partial charge in [0.05, 0.1) is 5.52 Å². The number of piperazine rings is 1. The Labute approximate surface area is 186 Å². The van der Waals surface area contributed by atoms with Gasteiger partial charge in [-0.3, -0.25) is 24.4 Å². The van der Waals surface area contributed by atoms with E-state index in [1.165, 1.54) is 24.0 Å². The molecule has 9 heteroatoms. The number of aromatic nitrogens is 1. The van der Waals surface area contributed by atoms with Crippen molar-refractivity contribution < 1.29 is 14.0 Å². The summed E-state index contributed by atoms with van der Waals surface area (Å²) in [5.74, 6) is -0.484. The number of nitrogens with one attached hydrogen (secondary N) is 2. The van der Waals surface area contributed by atoms with Crippen LogP contribution < -0.4 is 16.4 Å². The largest absolute Gasteiger partial charge is 0.420 e. The first-order valence-electron chi connectivity index (χ1n) is 11.7. The van der Waals surface area contributed by atoms with Gasteiger partial charge in [-0.15, -0.1) is 0 Å². The first-order chi connectivity index (χ1) is 15.6. The Morgan fingerprint density at radius 1 is 0.969 bits per heavy atom. The Morgan fingerprint density at radius 3 is 2.47 bits per heavy atom. The van der Waals surface area contributed by atoms with E-state index in [0.717, 1.165) is 57.3 Å². The Hall–Kier alpha value is -2.49. The van der Waals surface area contributed by atoms with Crippen LogP contribution in [0.5, 0.6) is 0 Å². The molecule has 4 heterocycles. The van der Waals surface area contributed by atoms with Gasteiger partial charge < -0.3 is 14.6 Å². The number of rotatable bonds is 5. The number of imide groups is 1. The molecular formula is C23H31N5O4. The highest BCUT2D eigenvalue weighted by atomic mass is 16.4. The molecule has 5 rings (SSSR count). The molecule has 3 aliphatic rings. The molecular weight excluding hydrogens is 410 g/mol. The van der Waals surface area contributed by atoms with Gasteiger partial charge in [0.25, 0.3) is 0 Å². The van der Waals surface area contributed by atoms with Crippen molar-refractivity contribution in [3.8, 4) is 0 Å². The third-order valence-corrected chi connectivity index (χ3v) is 7.05. The van der Waals surface area contributed by atoms with E-state index in [1.54, 1.807) is 0 Å². The highest BCUT2D eigenvalue weighted by Gasteiger charge is 2.31. The second-order valence-corrected chi connectivity index (χ2v) is 9.28. The fourth-order valence-corrected chi connectivity index (χ4v) is 5.22. The fraction of sp³-hybridized carbons (Fsp3) is 0.609. The number of amides is 2. The van der Waals surface area contributed by atoms with Gasteiger partial charge in [-0.2, -0.15) is 0 Å². The van der Waals surface area contributed by atoms with Crippen LogP contribution in [-0.4, -0.2) is 72.0 Å². The lowest BCUT2D eigenvalue weighted by atomic mass is 9.97. The summed E-state index contributed by atoms with van der Waals surface area (Å²) in [7, 11) is 0. The van der Waals surface area contributed by atoms with Crippen molar-refractivity contribution in [2.24, 2.45) is 5.92 Å². The van der Waals surface area contributed by atoms with Crippen LogP contribution in [0.1, 0.15) is 37.3 Å². The molecule has 1 unspecified atom stereocenters. The number of oxazole rings is 1. The van der Waals surface area contributed by atoms with E-state index in [1.807, 2.05) is 18.2 Å². The maximum atomic E-state index is 12.5. The summed E-state index contributed by atoms with van der Waals surface area (Å²) in [6, 6.07) is 5.05. The van der Waals surface area contributed by atoms with Crippen molar-refractivity contribution in [3.63, 3.8) is 0 Å². The standard InChI is InChI=1S/C23H31N5O4/c29-21-4-3-19(22(30)25-21)28-18-2-1-17(13-20(18)32-23(28)31)15-27-11-9-26(10-12-27)14-16-5-7-24-8-6-16/h1-2,13,16,19,24H,3-12,14-15H2,(H,25,29,30). The zero-order chi connectivity index (χ0) is 22.1. The molecule has 172 valence electrons. The predicted molar refractivity (Wildman–Crippen MR) is 119 cm³/mol. The molecule has 3 aliphatic heterocycles. The van der Waals surface area contributed by atoms with Crippen LogP contribution in [0.4, 0.5) is 0 Å². The quantitative estimate of drug-likeness (QED) is 0.659. The molecule has 1 atom stereocenters. The number of nitrogens with zero attached hydrogens (tertiary/aromatic N) is 3. The minimum absolute atomic E-state index is 0.219. The molecule has 0 saturated carbocycles. The van der Waals surface area contributed by atoms with E-state index in [0.29, 0.717) is 17.5 Å². The van der Waals surface area contributed by atoms with Gasteiger partial charge >= 0.3 is 5.76 Å². The molecule has 0 aliphatic carbocycles. The second kappa shape index (κ2) is 9.17. The zero-order valence-electron chi connectivity index (χ0n) is 18.3. The molecule has 0 bridgehead atoms. The number of hydrogen-bond acceptors (Lipinski definition) is 7. The van der Waals surface area contributed by atoms with E-state index in [9.17, 15) is 14.4 Å². The van der Waals surface area contributed by atoms with Gasteiger partial charge in [0, 0.05) is 45.7 Å². The van der Waals surface area contributed by atoms with Crippen LogP contribution >= 0.6 is 0 Å². The number of carbonyl (C=O) groups is 2. The maximum absolute atomic E-state index is 12.5. The molecule has 2 aromatic rings. The Bertz CT molecular complexity index is 1050. The number of piperidine rings is 2. The van der Waals surface area contributed by atoms with Crippen LogP contribution in [0, 0.1) is 5.92 Å². The molecule has 1 aromatic heterocycles. The predicted octanol–water partition coefficient (Wildman–Crippen LogP) is 0.689. The first kappa shape index (κ1) is 21.4. The first-order valence-corrected chi connectivity index (χ1v) is 11.7. The van der Waals surface area contributed by atoms with Gasteiger partial charge in [0.1, 0.15) is 6.04 Å². The van der Waals surface area contributed by atoms with Crippen LogP contribution in [0.3, 0.4) is 0 Å². The van der Waals surface area contributed by atoms with Crippen LogP contribution in [0.2, 0.25) is 0 Å². The van der Waals surface area contributed by atoms with Crippen molar-refractivity contribution in [1.29, 1.82) is 0 Å². The lowest BCUT2D eigenvalue weighted by Crippen LogP contribution is -2.48. The third-order valence-electron chi connectivity index (χ3n) is 7.05. The Kier molecular flexibility index (Phi) is 6.12. The van der Waals surface area contributed by atoms with Gasteiger partial charge in [0.15, 0.2) is 5.58 Å². The molecule has 3 saturated heterocycles. The SMILES string of the molecule is O=C1CCC(n2c(=O)oc3cc(CN4CCN(CC5CCNCC5)CC4)ccc32)C(=O)N1. The zero-order valence-corrected chi connectivity index (χ0v) is 18.3. The average molecular weight is 442 g/mol. The average Bonchev–Trinajstić information content (AvgIpc) is 3.11. The van der Waals surface area contributed by atoms with E-state index < -0.39 is 17.7 Å². The van der Waals surface area contributed by atoms with E-state index in [4.69, 9.17) is 4.42 Å². The van der Waals surface area contributed by atoms with Crippen molar-refractivity contribution in [1.82, 2.24) is 25.0 Å². The van der Waals surface area contributed by atoms with Crippen LogP contribution in [0.15, 0.2) is 27.4 Å². The van der Waals surface area contributed by atoms with Gasteiger partial charge in [0.2, 0.25) is 11.8 Å². The van der Waals surface area contributed by atoms with E-state index >= 15 is 0 Å². The van der Waals surface area contributed by atoms with Crippen molar-refractivity contribution in [2.75, 3.05) is 45.8 Å². The molecule has 2 N–H and O–H groups in total. The van der Waals surface area contributed by atoms with Crippen LogP contribution in [0.25, 0.3) is 11.1 Å². The van der Waals surface area contributed by atoms with Gasteiger partial charge in [-0.25, -0.2) is 4.79 Å². The highest BCUT2D eigenvalue weighted by Crippen LogP contribution is 2.24.